The van der Waals surface area contributed by atoms with E-state index < -0.39 is 0 Å². The van der Waals surface area contributed by atoms with Gasteiger partial charge in [-0.15, -0.1) is 6.58 Å². The number of hydrogen-bond acceptors (Lipinski definition) is 4. The van der Waals surface area contributed by atoms with Crippen LogP contribution in [-0.4, -0.2) is 16.5 Å². The summed E-state index contributed by atoms with van der Waals surface area (Å²) in [5, 5.41) is 2.97. The smallest absolute Gasteiger partial charge is 0.256 e. The molecule has 2 N–H and O–H groups in total. The zero-order valence-electron chi connectivity index (χ0n) is 7.67. The number of nitrogens with one attached hydrogen (secondary N) is 2. The van der Waals surface area contributed by atoms with Crippen LogP contribution >= 0.6 is 11.8 Å². The average Bonchev–Trinajstić information content (AvgIpc) is 2.63. The Kier molecular flexibility index (Phi) is 2.58. The van der Waals surface area contributed by atoms with Crippen molar-refractivity contribution in [1.29, 1.82) is 0 Å². The van der Waals surface area contributed by atoms with Crippen molar-refractivity contribution < 1.29 is 0 Å². The quantitative estimate of drug-likeness (QED) is 0.732. The predicted octanol–water partition coefficient (Wildman–Crippen LogP) is 1.11. The van der Waals surface area contributed by atoms with E-state index in [1.165, 1.54) is 0 Å². The second kappa shape index (κ2) is 3.88. The first-order valence-corrected chi connectivity index (χ1v) is 5.51. The summed E-state index contributed by atoms with van der Waals surface area (Å²) in [6.07, 6.45) is 1.72. The summed E-state index contributed by atoms with van der Waals surface area (Å²) in [6, 6.07) is 0. The van der Waals surface area contributed by atoms with E-state index in [0.717, 1.165) is 22.8 Å². The van der Waals surface area contributed by atoms with Gasteiger partial charge in [-0.2, -0.15) is 11.8 Å². The standard InChI is InChI=1S/C9H11N3OS/c1-2-3-10-9-11-7-5-14-4-6(7)8(13)12-9/h2H,1,3-5H2,(H2,10,11,12,13). The number of nitrogens with zero attached hydrogens (tertiary/aromatic N) is 1. The molecule has 0 unspecified atom stereocenters. The predicted molar refractivity (Wildman–Crippen MR) is 58.5 cm³/mol. The third kappa shape index (κ3) is 1.68. The molecule has 14 heavy (non-hydrogen) atoms. The van der Waals surface area contributed by atoms with Crippen LogP contribution in [0.4, 0.5) is 5.95 Å². The highest BCUT2D eigenvalue weighted by Gasteiger charge is 2.16. The van der Waals surface area contributed by atoms with Gasteiger partial charge in [0.2, 0.25) is 5.95 Å². The van der Waals surface area contributed by atoms with Crippen LogP contribution < -0.4 is 10.9 Å². The van der Waals surface area contributed by atoms with Gasteiger partial charge in [0.05, 0.1) is 5.69 Å². The van der Waals surface area contributed by atoms with Crippen LogP contribution in [0.25, 0.3) is 0 Å². The fourth-order valence-corrected chi connectivity index (χ4v) is 2.35. The van der Waals surface area contributed by atoms with E-state index >= 15 is 0 Å². The van der Waals surface area contributed by atoms with Crippen LogP contribution in [0.3, 0.4) is 0 Å². The van der Waals surface area contributed by atoms with Crippen molar-refractivity contribution in [1.82, 2.24) is 9.97 Å². The molecule has 2 heterocycles. The summed E-state index contributed by atoms with van der Waals surface area (Å²) in [6.45, 7) is 4.19. The fraction of sp³-hybridized carbons (Fsp3) is 0.333. The first kappa shape index (κ1) is 9.33. The first-order chi connectivity index (χ1) is 6.81. The Labute approximate surface area is 85.8 Å². The number of thioether (sulfide) groups is 1. The molecule has 5 heteroatoms. The number of anilines is 1. The zero-order valence-corrected chi connectivity index (χ0v) is 8.49. The zero-order chi connectivity index (χ0) is 9.97. The molecule has 0 spiro atoms. The molecule has 1 aromatic rings. The number of hydrogen-bond donors (Lipinski definition) is 2. The van der Waals surface area contributed by atoms with Crippen LogP contribution in [0.2, 0.25) is 0 Å². The highest BCUT2D eigenvalue weighted by Crippen LogP contribution is 2.25. The Morgan fingerprint density at radius 1 is 1.64 bits per heavy atom. The van der Waals surface area contributed by atoms with E-state index in [9.17, 15) is 4.79 Å². The average molecular weight is 209 g/mol. The van der Waals surface area contributed by atoms with Crippen LogP contribution in [0.1, 0.15) is 11.3 Å². The van der Waals surface area contributed by atoms with Gasteiger partial charge in [-0.1, -0.05) is 6.08 Å². The molecule has 74 valence electrons. The van der Waals surface area contributed by atoms with Crippen molar-refractivity contribution in [3.05, 3.63) is 34.3 Å². The van der Waals surface area contributed by atoms with Crippen molar-refractivity contribution in [2.75, 3.05) is 11.9 Å². The summed E-state index contributed by atoms with van der Waals surface area (Å²) in [7, 11) is 0. The number of aromatic nitrogens is 2. The maximum absolute atomic E-state index is 11.5. The lowest BCUT2D eigenvalue weighted by molar-refractivity contribution is 1.01. The topological polar surface area (TPSA) is 57.8 Å². The van der Waals surface area contributed by atoms with Gasteiger partial charge < -0.3 is 5.32 Å². The van der Waals surface area contributed by atoms with Gasteiger partial charge >= 0.3 is 0 Å². The Bertz CT molecular complexity index is 413. The molecule has 0 radical (unpaired) electrons. The lowest BCUT2D eigenvalue weighted by atomic mass is 10.3. The number of aromatic amines is 1. The van der Waals surface area contributed by atoms with Crippen LogP contribution in [0.15, 0.2) is 17.4 Å². The van der Waals surface area contributed by atoms with Crippen molar-refractivity contribution in [3.8, 4) is 0 Å². The fourth-order valence-electron chi connectivity index (χ4n) is 1.31. The van der Waals surface area contributed by atoms with Crippen LogP contribution in [-0.2, 0) is 11.5 Å². The third-order valence-electron chi connectivity index (χ3n) is 2.00. The Morgan fingerprint density at radius 2 is 2.50 bits per heavy atom. The van der Waals surface area contributed by atoms with Gasteiger partial charge in [0.25, 0.3) is 5.56 Å². The second-order valence-electron chi connectivity index (χ2n) is 3.00. The van der Waals surface area contributed by atoms with Crippen molar-refractivity contribution in [2.24, 2.45) is 0 Å². The summed E-state index contributed by atoms with van der Waals surface area (Å²) in [5.41, 5.74) is 1.70. The number of fused-ring (bicyclic) bond motifs is 1. The van der Waals surface area contributed by atoms with E-state index in [0.29, 0.717) is 12.5 Å². The molecule has 0 saturated carbocycles. The van der Waals surface area contributed by atoms with Gasteiger partial charge in [-0.3, -0.25) is 9.78 Å². The molecule has 0 amide bonds. The molecule has 0 aromatic carbocycles. The lowest BCUT2D eigenvalue weighted by Crippen LogP contribution is -2.17. The van der Waals surface area contributed by atoms with Crippen LogP contribution in [0.5, 0.6) is 0 Å². The van der Waals surface area contributed by atoms with Crippen molar-refractivity contribution in [3.63, 3.8) is 0 Å². The monoisotopic (exact) mass is 209 g/mol. The van der Waals surface area contributed by atoms with Crippen molar-refractivity contribution in [2.45, 2.75) is 11.5 Å². The van der Waals surface area contributed by atoms with Gasteiger partial charge in [-0.25, -0.2) is 4.98 Å². The number of H-pyrrole nitrogens is 1. The summed E-state index contributed by atoms with van der Waals surface area (Å²) < 4.78 is 0. The van der Waals surface area contributed by atoms with E-state index in [1.807, 2.05) is 0 Å². The molecule has 1 aromatic heterocycles. The maximum Gasteiger partial charge on any atom is 0.256 e. The Hall–Kier alpha value is -1.23. The molecule has 1 aliphatic heterocycles. The molecular formula is C9H11N3OS. The van der Waals surface area contributed by atoms with E-state index in [1.54, 1.807) is 17.8 Å². The summed E-state index contributed by atoms with van der Waals surface area (Å²) in [5.74, 6) is 2.15. The van der Waals surface area contributed by atoms with Gasteiger partial charge in [0.1, 0.15) is 0 Å². The largest absolute Gasteiger partial charge is 0.352 e. The molecular weight excluding hydrogens is 198 g/mol. The van der Waals surface area contributed by atoms with E-state index in [4.69, 9.17) is 0 Å². The molecule has 0 aliphatic carbocycles. The van der Waals surface area contributed by atoms with Crippen molar-refractivity contribution >= 4 is 17.7 Å². The normalized spacial score (nSPS) is 13.7. The Balaban J connectivity index is 2.32. The molecule has 1 aliphatic rings. The third-order valence-corrected chi connectivity index (χ3v) is 2.97. The molecule has 0 atom stereocenters. The summed E-state index contributed by atoms with van der Waals surface area (Å²) in [4.78, 5) is 18.5. The van der Waals surface area contributed by atoms with Gasteiger partial charge in [0.15, 0.2) is 0 Å². The van der Waals surface area contributed by atoms with Gasteiger partial charge in [0, 0.05) is 23.6 Å². The molecule has 0 saturated heterocycles. The van der Waals surface area contributed by atoms with Gasteiger partial charge in [-0.05, 0) is 0 Å². The highest BCUT2D eigenvalue weighted by atomic mass is 32.2. The maximum atomic E-state index is 11.5. The van der Waals surface area contributed by atoms with E-state index in [-0.39, 0.29) is 5.56 Å². The van der Waals surface area contributed by atoms with E-state index in [2.05, 4.69) is 21.9 Å². The van der Waals surface area contributed by atoms with Crippen LogP contribution in [0, 0.1) is 0 Å². The molecule has 0 bridgehead atoms. The highest BCUT2D eigenvalue weighted by molar-refractivity contribution is 7.98. The minimum absolute atomic E-state index is 0.0217. The second-order valence-corrected chi connectivity index (χ2v) is 3.99. The minimum Gasteiger partial charge on any atom is -0.352 e. The molecule has 4 nitrogen and oxygen atoms in total. The molecule has 0 fully saturated rings. The SMILES string of the molecule is C=CCNc1nc2c(c(=O)[nH]1)CSC2. The number of rotatable bonds is 3. The minimum atomic E-state index is -0.0217. The lowest BCUT2D eigenvalue weighted by Gasteiger charge is -2.03. The molecule has 2 rings (SSSR count). The first-order valence-electron chi connectivity index (χ1n) is 4.36. The Morgan fingerprint density at radius 3 is 3.29 bits per heavy atom. The summed E-state index contributed by atoms with van der Waals surface area (Å²) >= 11 is 1.72.